The molecule has 9 rings (SSSR count). The Labute approximate surface area is 434 Å². The number of hydrogen-bond donors (Lipinski definition) is 1. The van der Waals surface area contributed by atoms with Crippen molar-refractivity contribution < 1.29 is 52.5 Å². The van der Waals surface area contributed by atoms with Crippen LogP contribution in [0.25, 0.3) is 0 Å². The normalized spacial score (nSPS) is 24.6. The highest BCUT2D eigenvalue weighted by atomic mass is 16.7. The van der Waals surface area contributed by atoms with E-state index in [9.17, 15) is 5.11 Å². The Balaban J connectivity index is 1.11. The fraction of sp³-hybridized carbons (Fsp3) is 0.302. The maximum absolute atomic E-state index is 13.4. The first-order chi connectivity index (χ1) is 36.5. The number of aliphatic hydroxyl groups is 1. The van der Waals surface area contributed by atoms with E-state index >= 15 is 0 Å². The van der Waals surface area contributed by atoms with Crippen LogP contribution in [0.3, 0.4) is 0 Å². The van der Waals surface area contributed by atoms with E-state index in [-0.39, 0.29) is 52.9 Å². The summed E-state index contributed by atoms with van der Waals surface area (Å²) in [7, 11) is 1.56. The maximum Gasteiger partial charge on any atom is 0.261 e. The molecule has 0 spiro atoms. The molecule has 2 aliphatic heterocycles. The van der Waals surface area contributed by atoms with Crippen molar-refractivity contribution in [2.75, 3.05) is 13.7 Å². The summed E-state index contributed by atoms with van der Waals surface area (Å²) in [6.07, 6.45) is -8.42. The third-order valence-corrected chi connectivity index (χ3v) is 12.9. The van der Waals surface area contributed by atoms with Crippen LogP contribution >= 0.6 is 0 Å². The van der Waals surface area contributed by atoms with E-state index in [2.05, 4.69) is 11.8 Å². The van der Waals surface area contributed by atoms with Crippen LogP contribution in [0.5, 0.6) is 0 Å². The SMILES string of the molecule is CO[C@H]1O[C@H](C#CC2(O)O[C@H](COCc3ccccc3)[C@H](OCc3ccccc3)[C@H](OCc3ccccc3)[C@H]2OCc2ccccc2)[C@@H](OCc2ccccc2)[C@H](OCc2ccccc2)[C@H]1OCc1ccccc1. The van der Waals surface area contributed by atoms with E-state index in [0.717, 1.165) is 38.9 Å². The molecular formula is C63H64O11. The zero-order valence-electron chi connectivity index (χ0n) is 41.6. The molecule has 0 saturated carbocycles. The summed E-state index contributed by atoms with van der Waals surface area (Å²) in [5.41, 5.74) is 6.54. The minimum atomic E-state index is -2.35. The Hall–Kier alpha value is -6.34. The molecule has 382 valence electrons. The van der Waals surface area contributed by atoms with Crippen molar-refractivity contribution in [1.29, 1.82) is 0 Å². The lowest BCUT2D eigenvalue weighted by Gasteiger charge is -2.48. The number of ether oxygens (including phenoxy) is 10. The predicted octanol–water partition coefficient (Wildman–Crippen LogP) is 10.2. The molecule has 2 fully saturated rings. The van der Waals surface area contributed by atoms with Crippen molar-refractivity contribution >= 4 is 0 Å². The fourth-order valence-corrected chi connectivity index (χ4v) is 9.09. The summed E-state index contributed by atoms with van der Waals surface area (Å²) >= 11 is 0. The third kappa shape index (κ3) is 14.7. The number of rotatable bonds is 23. The van der Waals surface area contributed by atoms with Crippen LogP contribution in [0.4, 0.5) is 0 Å². The Kier molecular flexibility index (Phi) is 19.4. The van der Waals surface area contributed by atoms with Crippen LogP contribution in [0.15, 0.2) is 212 Å². The summed E-state index contributed by atoms with van der Waals surface area (Å²) in [6, 6.07) is 69.0. The molecule has 2 heterocycles. The molecule has 0 amide bonds. The van der Waals surface area contributed by atoms with Gasteiger partial charge in [0.15, 0.2) is 12.4 Å². The van der Waals surface area contributed by atoms with Crippen molar-refractivity contribution in [3.05, 3.63) is 251 Å². The zero-order chi connectivity index (χ0) is 50.6. The molecule has 1 N–H and O–H groups in total. The van der Waals surface area contributed by atoms with E-state index in [1.807, 2.05) is 212 Å². The van der Waals surface area contributed by atoms with Crippen LogP contribution in [-0.2, 0) is 93.6 Å². The van der Waals surface area contributed by atoms with Gasteiger partial charge in [-0.3, -0.25) is 0 Å². The highest BCUT2D eigenvalue weighted by molar-refractivity contribution is 5.25. The number of benzene rings is 7. The first-order valence-corrected chi connectivity index (χ1v) is 25.2. The van der Waals surface area contributed by atoms with Gasteiger partial charge in [0.2, 0.25) is 0 Å². The van der Waals surface area contributed by atoms with Gasteiger partial charge >= 0.3 is 0 Å². The summed E-state index contributed by atoms with van der Waals surface area (Å²) in [5, 5.41) is 13.4. The lowest BCUT2D eigenvalue weighted by atomic mass is 9.91. The molecule has 1 unspecified atom stereocenters. The summed E-state index contributed by atoms with van der Waals surface area (Å²) in [5.74, 6) is 4.12. The Morgan fingerprint density at radius 3 is 1.15 bits per heavy atom. The smallest absolute Gasteiger partial charge is 0.261 e. The molecule has 74 heavy (non-hydrogen) atoms. The lowest BCUT2D eigenvalue weighted by Crippen LogP contribution is -2.67. The molecule has 0 aromatic heterocycles. The average molecular weight is 997 g/mol. The number of hydrogen-bond acceptors (Lipinski definition) is 11. The van der Waals surface area contributed by atoms with Gasteiger partial charge in [-0.2, -0.15) is 0 Å². The van der Waals surface area contributed by atoms with Gasteiger partial charge < -0.3 is 52.5 Å². The zero-order valence-corrected chi connectivity index (χ0v) is 41.6. The highest BCUT2D eigenvalue weighted by Gasteiger charge is 2.57. The topological polar surface area (TPSA) is 113 Å². The van der Waals surface area contributed by atoms with Crippen molar-refractivity contribution in [3.8, 4) is 11.8 Å². The average Bonchev–Trinajstić information content (AvgIpc) is 3.46. The van der Waals surface area contributed by atoms with Gasteiger partial charge in [-0.25, -0.2) is 0 Å². The standard InChI is InChI=1S/C63H64O11/c1-65-62-60(71-44-52-33-19-7-20-34-52)58(69-42-50-29-15-5-16-30-50)56(67-40-48-25-11-3-12-26-48)54(73-62)37-38-63(64)61(72-45-53-35-21-8-22-36-53)59(70-43-51-31-17-6-18-32-51)57(68-41-49-27-13-4-14-28-49)55(74-63)46-66-39-47-23-9-2-10-24-47/h2-36,54-62,64H,39-46H2,1H3/t54-,55-,56-,57+,58+,59+,60-,61-,62+,63?/m1/s1. The van der Waals surface area contributed by atoms with Crippen LogP contribution < -0.4 is 0 Å². The summed E-state index contributed by atoms with van der Waals surface area (Å²) < 4.78 is 67.3. The molecule has 11 nitrogen and oxygen atoms in total. The first-order valence-electron chi connectivity index (χ1n) is 25.2. The Morgan fingerprint density at radius 2 is 0.743 bits per heavy atom. The second-order valence-electron chi connectivity index (χ2n) is 18.3. The Morgan fingerprint density at radius 1 is 0.405 bits per heavy atom. The molecule has 10 atom stereocenters. The summed E-state index contributed by atoms with van der Waals surface area (Å²) in [4.78, 5) is 0. The molecule has 0 radical (unpaired) electrons. The van der Waals surface area contributed by atoms with E-state index in [0.29, 0.717) is 0 Å². The van der Waals surface area contributed by atoms with Gasteiger partial charge in [0.05, 0.1) is 52.9 Å². The molecular weight excluding hydrogens is 933 g/mol. The predicted molar refractivity (Wildman–Crippen MR) is 279 cm³/mol. The van der Waals surface area contributed by atoms with E-state index in [1.165, 1.54) is 0 Å². The van der Waals surface area contributed by atoms with Gasteiger partial charge in [-0.15, -0.1) is 0 Å². The molecule has 2 aliphatic rings. The van der Waals surface area contributed by atoms with Crippen molar-refractivity contribution in [2.45, 2.75) is 107 Å². The van der Waals surface area contributed by atoms with Crippen molar-refractivity contribution in [1.82, 2.24) is 0 Å². The quantitative estimate of drug-likeness (QED) is 0.0619. The van der Waals surface area contributed by atoms with Crippen molar-refractivity contribution in [2.24, 2.45) is 0 Å². The minimum absolute atomic E-state index is 0.0132. The van der Waals surface area contributed by atoms with Crippen molar-refractivity contribution in [3.63, 3.8) is 0 Å². The van der Waals surface area contributed by atoms with Gasteiger partial charge in [0.1, 0.15) is 42.7 Å². The minimum Gasteiger partial charge on any atom is -0.374 e. The van der Waals surface area contributed by atoms with Gasteiger partial charge in [-0.05, 0) is 44.9 Å². The number of methoxy groups -OCH3 is 1. The first kappa shape index (κ1) is 52.5. The monoisotopic (exact) mass is 996 g/mol. The van der Waals surface area contributed by atoms with E-state index < -0.39 is 60.9 Å². The van der Waals surface area contributed by atoms with Crippen LogP contribution in [0.1, 0.15) is 38.9 Å². The highest BCUT2D eigenvalue weighted by Crippen LogP contribution is 2.37. The van der Waals surface area contributed by atoms with Gasteiger partial charge in [-0.1, -0.05) is 218 Å². The molecule has 7 aromatic carbocycles. The lowest BCUT2D eigenvalue weighted by molar-refractivity contribution is -0.348. The maximum atomic E-state index is 13.4. The van der Waals surface area contributed by atoms with Crippen LogP contribution in [-0.4, -0.2) is 79.7 Å². The largest absolute Gasteiger partial charge is 0.374 e. The second-order valence-corrected chi connectivity index (χ2v) is 18.3. The molecule has 7 aromatic rings. The fourth-order valence-electron chi connectivity index (χ4n) is 9.09. The van der Waals surface area contributed by atoms with Crippen LogP contribution in [0.2, 0.25) is 0 Å². The van der Waals surface area contributed by atoms with E-state index in [4.69, 9.17) is 47.4 Å². The van der Waals surface area contributed by atoms with E-state index in [1.54, 1.807) is 7.11 Å². The molecule has 2 saturated heterocycles. The molecule has 0 bridgehead atoms. The molecule has 11 heteroatoms. The van der Waals surface area contributed by atoms with Gasteiger partial charge in [0.25, 0.3) is 5.79 Å². The summed E-state index contributed by atoms with van der Waals surface area (Å²) in [6.45, 7) is 1.46. The van der Waals surface area contributed by atoms with Crippen LogP contribution in [0, 0.1) is 11.8 Å². The third-order valence-electron chi connectivity index (χ3n) is 12.9. The van der Waals surface area contributed by atoms with Gasteiger partial charge in [0, 0.05) is 7.11 Å². The Bertz CT molecular complexity index is 2730. The molecule has 0 aliphatic carbocycles. The second kappa shape index (κ2) is 27.3.